The monoisotopic (exact) mass is 531 g/mol. The van der Waals surface area contributed by atoms with E-state index >= 15 is 0 Å². The van der Waals surface area contributed by atoms with Gasteiger partial charge in [0, 0.05) is 35.9 Å². The van der Waals surface area contributed by atoms with Crippen molar-refractivity contribution in [1.82, 2.24) is 19.4 Å². The van der Waals surface area contributed by atoms with Gasteiger partial charge in [-0.3, -0.25) is 0 Å². The van der Waals surface area contributed by atoms with E-state index in [0.29, 0.717) is 24.0 Å². The average molecular weight is 532 g/mol. The Morgan fingerprint density at radius 1 is 1.23 bits per heavy atom. The highest BCUT2D eigenvalue weighted by molar-refractivity contribution is 7.89. The molecule has 1 unspecified atom stereocenters. The van der Waals surface area contributed by atoms with Crippen molar-refractivity contribution in [3.63, 3.8) is 0 Å². The first kappa shape index (κ1) is 24.5. The van der Waals surface area contributed by atoms with Crippen molar-refractivity contribution in [2.75, 3.05) is 25.0 Å². The summed E-state index contributed by atoms with van der Waals surface area (Å²) < 4.78 is 29.5. The summed E-state index contributed by atoms with van der Waals surface area (Å²) in [7, 11) is -1.50. The van der Waals surface area contributed by atoms with Crippen LogP contribution in [0.3, 0.4) is 0 Å². The van der Waals surface area contributed by atoms with Crippen LogP contribution in [-0.4, -0.2) is 56.0 Å². The minimum Gasteiger partial charge on any atom is -0.370 e. The molecule has 1 aromatic heterocycles. The predicted octanol–water partition coefficient (Wildman–Crippen LogP) is 2.92. The molecule has 3 heterocycles. The Morgan fingerprint density at radius 2 is 2.03 bits per heavy atom. The summed E-state index contributed by atoms with van der Waals surface area (Å²) in [6.45, 7) is 1.72. The Bertz CT molecular complexity index is 1310. The highest BCUT2D eigenvalue weighted by atomic mass is 35.5. The number of nitrogens with one attached hydrogen (secondary N) is 2. The lowest BCUT2D eigenvalue weighted by Crippen LogP contribution is -2.41. The lowest BCUT2D eigenvalue weighted by molar-refractivity contribution is 0.272. The van der Waals surface area contributed by atoms with Crippen LogP contribution in [0.1, 0.15) is 25.7 Å². The molecule has 3 aliphatic rings. The largest absolute Gasteiger partial charge is 0.370 e. The van der Waals surface area contributed by atoms with Crippen LogP contribution in [0, 0.1) is 5.92 Å². The molecule has 184 valence electrons. The van der Waals surface area contributed by atoms with Gasteiger partial charge >= 0.3 is 0 Å². The third-order valence-electron chi connectivity index (χ3n) is 6.85. The molecule has 1 saturated heterocycles. The Kier molecular flexibility index (Phi) is 7.03. The molecule has 0 saturated carbocycles. The van der Waals surface area contributed by atoms with E-state index in [1.54, 1.807) is 22.5 Å². The number of aromatic nitrogens is 2. The third kappa shape index (κ3) is 5.05. The van der Waals surface area contributed by atoms with Crippen molar-refractivity contribution in [1.29, 1.82) is 0 Å². The van der Waals surface area contributed by atoms with Crippen molar-refractivity contribution >= 4 is 58.2 Å². The molecule has 1 atom stereocenters. The first-order chi connectivity index (χ1) is 16.8. The zero-order chi connectivity index (χ0) is 24.6. The highest BCUT2D eigenvalue weighted by Gasteiger charge is 2.30. The van der Waals surface area contributed by atoms with Crippen molar-refractivity contribution in [3.05, 3.63) is 64.3 Å². The molecule has 1 aromatic carbocycles. The summed E-state index contributed by atoms with van der Waals surface area (Å²) in [5.41, 5.74) is 2.15. The third-order valence-corrected chi connectivity index (χ3v) is 9.39. The molecule has 0 spiro atoms. The Labute approximate surface area is 217 Å². The van der Waals surface area contributed by atoms with E-state index in [0.717, 1.165) is 59.9 Å². The average Bonchev–Trinajstić information content (AvgIpc) is 3.24. The zero-order valence-corrected chi connectivity index (χ0v) is 21.9. The summed E-state index contributed by atoms with van der Waals surface area (Å²) in [6.07, 6.45) is 11.6. The Hall–Kier alpha value is -2.20. The van der Waals surface area contributed by atoms with Crippen molar-refractivity contribution in [3.8, 4) is 0 Å². The minimum absolute atomic E-state index is 0.0332. The number of fused-ring (bicyclic) bond motifs is 1. The van der Waals surface area contributed by atoms with E-state index in [1.807, 2.05) is 18.7 Å². The van der Waals surface area contributed by atoms with E-state index in [9.17, 15) is 8.42 Å². The van der Waals surface area contributed by atoms with Crippen LogP contribution in [0.5, 0.6) is 0 Å². The van der Waals surface area contributed by atoms with Crippen molar-refractivity contribution < 1.29 is 8.42 Å². The van der Waals surface area contributed by atoms with Crippen LogP contribution in [0.15, 0.2) is 64.2 Å². The second-order valence-corrected chi connectivity index (χ2v) is 12.1. The van der Waals surface area contributed by atoms with Gasteiger partial charge in [0.15, 0.2) is 0 Å². The second-order valence-electron chi connectivity index (χ2n) is 9.25. The number of allylic oxidation sites excluding steroid dienone is 2. The highest BCUT2D eigenvalue weighted by Crippen LogP contribution is 2.30. The normalized spacial score (nSPS) is 21.4. The van der Waals surface area contributed by atoms with Crippen molar-refractivity contribution in [2.45, 2.75) is 36.6 Å². The van der Waals surface area contributed by atoms with Gasteiger partial charge in [0.2, 0.25) is 10.0 Å². The van der Waals surface area contributed by atoms with E-state index in [-0.39, 0.29) is 10.9 Å². The van der Waals surface area contributed by atoms with Gasteiger partial charge in [0.05, 0.1) is 10.9 Å². The number of rotatable bonds is 6. The Balaban J connectivity index is 1.26. The topological polar surface area (TPSA) is 79.3 Å². The molecular weight excluding hydrogens is 504 g/mol. The molecule has 11 heteroatoms. The molecule has 7 nitrogen and oxygen atoms in total. The maximum Gasteiger partial charge on any atom is 0.243 e. The summed E-state index contributed by atoms with van der Waals surface area (Å²) in [4.78, 5) is 0.249. The van der Waals surface area contributed by atoms with Gasteiger partial charge in [0.1, 0.15) is 19.5 Å². The molecule has 35 heavy (non-hydrogen) atoms. The molecule has 0 radical (unpaired) electrons. The molecule has 5 rings (SSSR count). The molecule has 1 fully saturated rings. The second kappa shape index (κ2) is 10.0. The fourth-order valence-electron chi connectivity index (χ4n) is 4.81. The number of sulfonamides is 1. The van der Waals surface area contributed by atoms with Crippen LogP contribution in [-0.2, 0) is 10.0 Å². The van der Waals surface area contributed by atoms with Crippen LogP contribution in [0.4, 0.5) is 5.82 Å². The fourth-order valence-corrected chi connectivity index (χ4v) is 6.87. The minimum atomic E-state index is -3.53. The number of benzene rings is 1. The standard InChI is InChI=1S/C24H28BCl2N5O2S/c25-20-15-29-32-23(13-22(30-24(20)32)19-6-1-2-7-21(19)27)28-14-16-8-10-31(11-9-16)35(33,34)18-5-3-4-17(26)12-18/h1,3-6,12-13,15-16,22,28,30H,2,7-11,14,25H2. The molecule has 0 amide bonds. The van der Waals surface area contributed by atoms with Gasteiger partial charge in [-0.15, -0.1) is 0 Å². The first-order valence-corrected chi connectivity index (χ1v) is 14.1. The first-order valence-electron chi connectivity index (χ1n) is 11.9. The van der Waals surface area contributed by atoms with Crippen LogP contribution in [0.25, 0.3) is 5.82 Å². The van der Waals surface area contributed by atoms with Gasteiger partial charge in [0.25, 0.3) is 0 Å². The zero-order valence-electron chi connectivity index (χ0n) is 19.5. The summed E-state index contributed by atoms with van der Waals surface area (Å²) in [5.74, 6) is 2.23. The number of halogens is 2. The fraction of sp³-hybridized carbons (Fsp3) is 0.375. The van der Waals surface area contributed by atoms with E-state index < -0.39 is 10.0 Å². The summed E-state index contributed by atoms with van der Waals surface area (Å²) in [5, 5.41) is 13.0. The van der Waals surface area contributed by atoms with Gasteiger partial charge in [-0.1, -0.05) is 41.4 Å². The number of anilines is 1. The predicted molar refractivity (Wildman–Crippen MR) is 144 cm³/mol. The van der Waals surface area contributed by atoms with E-state index in [2.05, 4.69) is 34.0 Å². The number of piperidine rings is 1. The lowest BCUT2D eigenvalue weighted by Gasteiger charge is -2.33. The SMILES string of the molecule is Bc1cnn2c1NC(C1=C(Cl)CCC=C1)C=C2NCC1CCN(S(=O)(=O)c2cccc(Cl)c2)CC1. The quantitative estimate of drug-likeness (QED) is 0.560. The molecular formula is C24H28BCl2N5O2S. The van der Waals surface area contributed by atoms with Crippen LogP contribution < -0.4 is 16.1 Å². The number of hydrogen-bond donors (Lipinski definition) is 2. The molecule has 2 aliphatic heterocycles. The smallest absolute Gasteiger partial charge is 0.243 e. The Morgan fingerprint density at radius 3 is 2.77 bits per heavy atom. The van der Waals surface area contributed by atoms with Gasteiger partial charge < -0.3 is 10.6 Å². The lowest BCUT2D eigenvalue weighted by atomic mass is 9.95. The van der Waals surface area contributed by atoms with E-state index in [1.165, 1.54) is 6.07 Å². The van der Waals surface area contributed by atoms with Gasteiger partial charge in [-0.05, 0) is 66.9 Å². The molecule has 0 bridgehead atoms. The van der Waals surface area contributed by atoms with Crippen LogP contribution in [0.2, 0.25) is 5.02 Å². The maximum absolute atomic E-state index is 13.0. The van der Waals surface area contributed by atoms with Crippen LogP contribution >= 0.6 is 23.2 Å². The molecule has 2 aromatic rings. The molecule has 1 aliphatic carbocycles. The summed E-state index contributed by atoms with van der Waals surface area (Å²) >= 11 is 12.6. The van der Waals surface area contributed by atoms with E-state index in [4.69, 9.17) is 23.2 Å². The van der Waals surface area contributed by atoms with Crippen molar-refractivity contribution in [2.24, 2.45) is 5.92 Å². The summed E-state index contributed by atoms with van der Waals surface area (Å²) in [6, 6.07) is 6.43. The molecule has 2 N–H and O–H groups in total. The van der Waals surface area contributed by atoms with Gasteiger partial charge in [-0.25, -0.2) is 13.1 Å². The number of hydrogen-bond acceptors (Lipinski definition) is 5. The van der Waals surface area contributed by atoms with Gasteiger partial charge in [-0.2, -0.15) is 9.40 Å². The number of nitrogens with zero attached hydrogens (tertiary/aromatic N) is 3. The maximum atomic E-state index is 13.0.